The van der Waals surface area contributed by atoms with E-state index in [1.165, 1.54) is 7.05 Å². The SMILES string of the molecule is CNC(=O)NC(=O)COc1ccccc1CN. The van der Waals surface area contributed by atoms with E-state index in [0.29, 0.717) is 12.3 Å². The molecule has 0 aromatic heterocycles. The number of carbonyl (C=O) groups excluding carboxylic acids is 2. The molecule has 0 aliphatic carbocycles. The van der Waals surface area contributed by atoms with E-state index < -0.39 is 11.9 Å². The number of hydrogen-bond donors (Lipinski definition) is 3. The highest BCUT2D eigenvalue weighted by Gasteiger charge is 2.08. The highest BCUT2D eigenvalue weighted by Crippen LogP contribution is 2.16. The summed E-state index contributed by atoms with van der Waals surface area (Å²) in [4.78, 5) is 22.1. The molecule has 0 fully saturated rings. The number of para-hydroxylation sites is 1. The number of benzene rings is 1. The molecule has 17 heavy (non-hydrogen) atoms. The predicted octanol–water partition coefficient (Wildman–Crippen LogP) is -0.0203. The monoisotopic (exact) mass is 237 g/mol. The molecular formula is C11H15N3O3. The number of nitrogens with one attached hydrogen (secondary N) is 2. The standard InChI is InChI=1S/C11H15N3O3/c1-13-11(16)14-10(15)7-17-9-5-3-2-4-8(9)6-12/h2-5H,6-7,12H2,1H3,(H2,13,14,15,16). The van der Waals surface area contributed by atoms with E-state index in [9.17, 15) is 9.59 Å². The Hall–Kier alpha value is -2.08. The normalized spacial score (nSPS) is 9.53. The summed E-state index contributed by atoms with van der Waals surface area (Å²) in [6.07, 6.45) is 0. The fourth-order valence-electron chi connectivity index (χ4n) is 1.18. The van der Waals surface area contributed by atoms with Crippen LogP contribution in [0.4, 0.5) is 4.79 Å². The van der Waals surface area contributed by atoms with Gasteiger partial charge < -0.3 is 15.8 Å². The number of rotatable bonds is 4. The quantitative estimate of drug-likeness (QED) is 0.686. The predicted molar refractivity (Wildman–Crippen MR) is 62.4 cm³/mol. The van der Waals surface area contributed by atoms with Gasteiger partial charge in [0.05, 0.1) is 0 Å². The summed E-state index contributed by atoms with van der Waals surface area (Å²) in [6.45, 7) is 0.0949. The molecule has 0 aliphatic heterocycles. The highest BCUT2D eigenvalue weighted by molar-refractivity contribution is 5.94. The van der Waals surface area contributed by atoms with Gasteiger partial charge in [0.15, 0.2) is 6.61 Å². The van der Waals surface area contributed by atoms with Crippen molar-refractivity contribution in [1.29, 1.82) is 0 Å². The van der Waals surface area contributed by atoms with Crippen LogP contribution in [0.25, 0.3) is 0 Å². The topological polar surface area (TPSA) is 93.5 Å². The molecule has 1 aromatic carbocycles. The molecule has 0 atom stereocenters. The van der Waals surface area contributed by atoms with Crippen LogP contribution < -0.4 is 21.1 Å². The summed E-state index contributed by atoms with van der Waals surface area (Å²) in [5.41, 5.74) is 6.32. The first-order valence-corrected chi connectivity index (χ1v) is 5.09. The molecule has 0 saturated carbocycles. The lowest BCUT2D eigenvalue weighted by atomic mass is 10.2. The Labute approximate surface area is 99.1 Å². The van der Waals surface area contributed by atoms with E-state index in [2.05, 4.69) is 10.6 Å². The first-order chi connectivity index (χ1) is 8.17. The Bertz CT molecular complexity index is 407. The van der Waals surface area contributed by atoms with Crippen molar-refractivity contribution in [3.8, 4) is 5.75 Å². The number of nitrogens with two attached hydrogens (primary N) is 1. The van der Waals surface area contributed by atoms with E-state index in [1.807, 2.05) is 12.1 Å². The molecule has 1 aromatic rings. The minimum Gasteiger partial charge on any atom is -0.483 e. The minimum absolute atomic E-state index is 0.232. The average molecular weight is 237 g/mol. The van der Waals surface area contributed by atoms with Crippen LogP contribution in [0.15, 0.2) is 24.3 Å². The molecule has 0 heterocycles. The molecule has 0 spiro atoms. The van der Waals surface area contributed by atoms with Gasteiger partial charge in [0.25, 0.3) is 5.91 Å². The van der Waals surface area contributed by atoms with Gasteiger partial charge in [0.1, 0.15) is 5.75 Å². The third kappa shape index (κ3) is 4.12. The second-order valence-corrected chi connectivity index (χ2v) is 3.23. The van der Waals surface area contributed by atoms with Crippen molar-refractivity contribution < 1.29 is 14.3 Å². The average Bonchev–Trinajstić information content (AvgIpc) is 2.36. The van der Waals surface area contributed by atoms with Gasteiger partial charge in [-0.05, 0) is 6.07 Å². The maximum Gasteiger partial charge on any atom is 0.321 e. The zero-order valence-electron chi connectivity index (χ0n) is 9.53. The first kappa shape index (κ1) is 13.0. The van der Waals surface area contributed by atoms with Gasteiger partial charge in [-0.1, -0.05) is 18.2 Å². The largest absolute Gasteiger partial charge is 0.483 e. The Morgan fingerprint density at radius 1 is 1.35 bits per heavy atom. The summed E-state index contributed by atoms with van der Waals surface area (Å²) in [5.74, 6) is 0.0261. The van der Waals surface area contributed by atoms with Crippen LogP contribution >= 0.6 is 0 Å². The van der Waals surface area contributed by atoms with Gasteiger partial charge in [-0.25, -0.2) is 4.79 Å². The van der Waals surface area contributed by atoms with Crippen LogP contribution in [-0.2, 0) is 11.3 Å². The van der Waals surface area contributed by atoms with E-state index in [-0.39, 0.29) is 6.61 Å². The molecule has 0 bridgehead atoms. The lowest BCUT2D eigenvalue weighted by molar-refractivity contribution is -0.122. The van der Waals surface area contributed by atoms with E-state index in [0.717, 1.165) is 5.56 Å². The second-order valence-electron chi connectivity index (χ2n) is 3.23. The van der Waals surface area contributed by atoms with Crippen LogP contribution in [0.2, 0.25) is 0 Å². The number of amides is 3. The van der Waals surface area contributed by atoms with Crippen LogP contribution in [-0.4, -0.2) is 25.6 Å². The number of hydrogen-bond acceptors (Lipinski definition) is 4. The van der Waals surface area contributed by atoms with Crippen LogP contribution in [0.3, 0.4) is 0 Å². The summed E-state index contributed by atoms with van der Waals surface area (Å²) in [5, 5.41) is 4.36. The van der Waals surface area contributed by atoms with E-state index in [1.54, 1.807) is 12.1 Å². The third-order valence-corrected chi connectivity index (χ3v) is 2.03. The van der Waals surface area contributed by atoms with E-state index in [4.69, 9.17) is 10.5 Å². The van der Waals surface area contributed by atoms with Gasteiger partial charge in [-0.2, -0.15) is 0 Å². The molecule has 0 unspecified atom stereocenters. The highest BCUT2D eigenvalue weighted by atomic mass is 16.5. The molecule has 4 N–H and O–H groups in total. The molecule has 0 aliphatic rings. The van der Waals surface area contributed by atoms with Gasteiger partial charge in [0.2, 0.25) is 0 Å². The summed E-state index contributed by atoms with van der Waals surface area (Å²) in [7, 11) is 1.42. The lowest BCUT2D eigenvalue weighted by Crippen LogP contribution is -2.40. The fourth-order valence-corrected chi connectivity index (χ4v) is 1.18. The van der Waals surface area contributed by atoms with Gasteiger partial charge in [-0.3, -0.25) is 10.1 Å². The zero-order chi connectivity index (χ0) is 12.7. The Kier molecular flexibility index (Phi) is 4.96. The van der Waals surface area contributed by atoms with Crippen LogP contribution in [0.1, 0.15) is 5.56 Å². The second kappa shape index (κ2) is 6.49. The number of carbonyl (C=O) groups is 2. The van der Waals surface area contributed by atoms with E-state index >= 15 is 0 Å². The Balaban J connectivity index is 2.50. The molecule has 1 rings (SSSR count). The van der Waals surface area contributed by atoms with Gasteiger partial charge in [0, 0.05) is 19.2 Å². The first-order valence-electron chi connectivity index (χ1n) is 5.09. The molecular weight excluding hydrogens is 222 g/mol. The summed E-state index contributed by atoms with van der Waals surface area (Å²) < 4.78 is 5.26. The molecule has 92 valence electrons. The fraction of sp³-hybridized carbons (Fsp3) is 0.273. The van der Waals surface area contributed by atoms with Crippen LogP contribution in [0, 0.1) is 0 Å². The minimum atomic E-state index is -0.564. The summed E-state index contributed by atoms with van der Waals surface area (Å²) in [6, 6.07) is 6.58. The third-order valence-electron chi connectivity index (χ3n) is 2.03. The number of imide groups is 1. The maximum atomic E-state index is 11.3. The van der Waals surface area contributed by atoms with Crippen molar-refractivity contribution in [2.24, 2.45) is 5.73 Å². The Morgan fingerprint density at radius 3 is 2.71 bits per heavy atom. The maximum absolute atomic E-state index is 11.3. The molecule has 6 heteroatoms. The lowest BCUT2D eigenvalue weighted by Gasteiger charge is -2.09. The van der Waals surface area contributed by atoms with Crippen molar-refractivity contribution in [2.45, 2.75) is 6.54 Å². The van der Waals surface area contributed by atoms with Crippen molar-refractivity contribution in [2.75, 3.05) is 13.7 Å². The van der Waals surface area contributed by atoms with Gasteiger partial charge >= 0.3 is 6.03 Å². The van der Waals surface area contributed by atoms with Crippen molar-refractivity contribution in [1.82, 2.24) is 10.6 Å². The molecule has 0 saturated heterocycles. The van der Waals surface area contributed by atoms with Crippen molar-refractivity contribution in [3.05, 3.63) is 29.8 Å². The van der Waals surface area contributed by atoms with Gasteiger partial charge in [-0.15, -0.1) is 0 Å². The smallest absolute Gasteiger partial charge is 0.321 e. The van der Waals surface area contributed by atoms with Crippen molar-refractivity contribution in [3.63, 3.8) is 0 Å². The zero-order valence-corrected chi connectivity index (χ0v) is 9.53. The molecule has 6 nitrogen and oxygen atoms in total. The number of urea groups is 1. The summed E-state index contributed by atoms with van der Waals surface area (Å²) >= 11 is 0. The number of ether oxygens (including phenoxy) is 1. The van der Waals surface area contributed by atoms with Crippen LogP contribution in [0.5, 0.6) is 5.75 Å². The molecule has 0 radical (unpaired) electrons. The van der Waals surface area contributed by atoms with Crippen molar-refractivity contribution >= 4 is 11.9 Å². The molecule has 3 amide bonds. The Morgan fingerprint density at radius 2 is 2.06 bits per heavy atom.